The molecule has 6 nitrogen and oxygen atoms in total. The zero-order valence-electron chi connectivity index (χ0n) is 14.0. The van der Waals surface area contributed by atoms with E-state index in [4.69, 9.17) is 21.9 Å². The lowest BCUT2D eigenvalue weighted by atomic mass is 10.2. The number of fused-ring (bicyclic) bond motifs is 1. The molecule has 0 spiro atoms. The van der Waals surface area contributed by atoms with Crippen molar-refractivity contribution in [1.29, 1.82) is 0 Å². The number of nitrogens with zero attached hydrogens (tertiary/aromatic N) is 4. The van der Waals surface area contributed by atoms with E-state index in [1.165, 1.54) is 16.6 Å². The van der Waals surface area contributed by atoms with Crippen molar-refractivity contribution in [2.45, 2.75) is 24.8 Å². The monoisotopic (exact) mass is 403 g/mol. The molecule has 0 unspecified atom stereocenters. The highest BCUT2D eigenvalue weighted by Crippen LogP contribution is 2.34. The Morgan fingerprint density at radius 3 is 2.81 bits per heavy atom. The summed E-state index contributed by atoms with van der Waals surface area (Å²) in [7, 11) is 0. The molecule has 0 saturated carbocycles. The number of benzene rings is 1. The Morgan fingerprint density at radius 1 is 1.19 bits per heavy atom. The summed E-state index contributed by atoms with van der Waals surface area (Å²) < 4.78 is 5.31. The molecule has 4 aromatic rings. The summed E-state index contributed by atoms with van der Waals surface area (Å²) in [6.45, 7) is 4.10. The number of nitrogen functional groups attached to an aromatic ring is 1. The van der Waals surface area contributed by atoms with Crippen LogP contribution in [0.15, 0.2) is 33.9 Å². The van der Waals surface area contributed by atoms with Gasteiger partial charge in [0.2, 0.25) is 0 Å². The summed E-state index contributed by atoms with van der Waals surface area (Å²) in [5.41, 5.74) is 7.97. The summed E-state index contributed by atoms with van der Waals surface area (Å²) in [6.07, 6.45) is 0. The van der Waals surface area contributed by atoms with Gasteiger partial charge in [-0.15, -0.1) is 11.3 Å². The van der Waals surface area contributed by atoms with Gasteiger partial charge in [0.1, 0.15) is 10.6 Å². The second kappa shape index (κ2) is 6.86. The van der Waals surface area contributed by atoms with Crippen LogP contribution in [0.5, 0.6) is 0 Å². The molecule has 0 aliphatic heterocycles. The van der Waals surface area contributed by atoms with Gasteiger partial charge < -0.3 is 10.3 Å². The highest BCUT2D eigenvalue weighted by atomic mass is 35.5. The number of anilines is 1. The summed E-state index contributed by atoms with van der Waals surface area (Å²) >= 11 is 9.20. The average Bonchev–Trinajstić information content (AvgIpc) is 3.19. The maximum Gasteiger partial charge on any atom is 0.259 e. The molecule has 132 valence electrons. The predicted molar refractivity (Wildman–Crippen MR) is 106 cm³/mol. The minimum absolute atomic E-state index is 0.395. The van der Waals surface area contributed by atoms with Gasteiger partial charge in [0.25, 0.3) is 5.89 Å². The Labute approximate surface area is 162 Å². The number of aryl methyl sites for hydroxylation is 2. The second-order valence-electron chi connectivity index (χ2n) is 5.64. The third kappa shape index (κ3) is 3.15. The van der Waals surface area contributed by atoms with E-state index in [0.29, 0.717) is 39.0 Å². The van der Waals surface area contributed by atoms with Crippen LogP contribution in [0, 0.1) is 13.8 Å². The number of thioether (sulfide) groups is 1. The first-order valence-electron chi connectivity index (χ1n) is 7.76. The Morgan fingerprint density at radius 2 is 2.00 bits per heavy atom. The molecule has 3 aromatic heterocycles. The van der Waals surface area contributed by atoms with Crippen molar-refractivity contribution in [2.24, 2.45) is 0 Å². The number of nitrogens with two attached hydrogens (primary N) is 1. The largest absolute Gasteiger partial charge is 0.383 e. The SMILES string of the molecule is Cc1sc2nc(SCc3noc(-c4ccccc4Cl)n3)nc(N)c2c1C. The van der Waals surface area contributed by atoms with E-state index >= 15 is 0 Å². The molecule has 9 heteroatoms. The fourth-order valence-corrected chi connectivity index (χ4v) is 4.52. The van der Waals surface area contributed by atoms with Crippen LogP contribution in [0.1, 0.15) is 16.3 Å². The van der Waals surface area contributed by atoms with Crippen molar-refractivity contribution in [3.8, 4) is 11.5 Å². The first-order valence-corrected chi connectivity index (χ1v) is 9.94. The van der Waals surface area contributed by atoms with Gasteiger partial charge in [0, 0.05) is 4.88 Å². The zero-order chi connectivity index (χ0) is 18.3. The number of hydrogen-bond acceptors (Lipinski definition) is 8. The summed E-state index contributed by atoms with van der Waals surface area (Å²) in [4.78, 5) is 15.5. The highest BCUT2D eigenvalue weighted by molar-refractivity contribution is 7.98. The van der Waals surface area contributed by atoms with Gasteiger partial charge in [-0.3, -0.25) is 0 Å². The minimum atomic E-state index is 0.395. The minimum Gasteiger partial charge on any atom is -0.383 e. The van der Waals surface area contributed by atoms with Crippen molar-refractivity contribution in [1.82, 2.24) is 20.1 Å². The molecule has 0 aliphatic rings. The molecule has 0 aliphatic carbocycles. The summed E-state index contributed by atoms with van der Waals surface area (Å²) in [6, 6.07) is 7.35. The van der Waals surface area contributed by atoms with Gasteiger partial charge in [-0.2, -0.15) is 4.98 Å². The molecule has 0 bridgehead atoms. The molecule has 2 N–H and O–H groups in total. The fraction of sp³-hybridized carbons (Fsp3) is 0.176. The third-order valence-corrected chi connectivity index (χ3v) is 6.21. The van der Waals surface area contributed by atoms with E-state index in [2.05, 4.69) is 27.0 Å². The van der Waals surface area contributed by atoms with Gasteiger partial charge in [-0.05, 0) is 31.5 Å². The lowest BCUT2D eigenvalue weighted by Crippen LogP contribution is -1.96. The molecule has 1 aromatic carbocycles. The van der Waals surface area contributed by atoms with Crippen LogP contribution in [0.3, 0.4) is 0 Å². The Kier molecular flexibility index (Phi) is 4.56. The Balaban J connectivity index is 1.55. The van der Waals surface area contributed by atoms with Crippen molar-refractivity contribution in [3.05, 3.63) is 45.6 Å². The van der Waals surface area contributed by atoms with Crippen molar-refractivity contribution in [3.63, 3.8) is 0 Å². The lowest BCUT2D eigenvalue weighted by Gasteiger charge is -2.01. The van der Waals surface area contributed by atoms with E-state index in [9.17, 15) is 0 Å². The number of aromatic nitrogens is 4. The molecule has 26 heavy (non-hydrogen) atoms. The fourth-order valence-electron chi connectivity index (χ4n) is 2.51. The van der Waals surface area contributed by atoms with Crippen molar-refractivity contribution < 1.29 is 4.52 Å². The maximum atomic E-state index is 6.16. The van der Waals surface area contributed by atoms with Crippen LogP contribution in [0.25, 0.3) is 21.7 Å². The number of rotatable bonds is 4. The molecule has 4 rings (SSSR count). The molecule has 0 fully saturated rings. The highest BCUT2D eigenvalue weighted by Gasteiger charge is 2.15. The van der Waals surface area contributed by atoms with Gasteiger partial charge >= 0.3 is 0 Å². The van der Waals surface area contributed by atoms with Crippen molar-refractivity contribution in [2.75, 3.05) is 5.73 Å². The van der Waals surface area contributed by atoms with Crippen LogP contribution in [-0.4, -0.2) is 20.1 Å². The first kappa shape index (κ1) is 17.3. The molecule has 0 atom stereocenters. The van der Waals surface area contributed by atoms with E-state index in [1.807, 2.05) is 25.1 Å². The quantitative estimate of drug-likeness (QED) is 0.383. The topological polar surface area (TPSA) is 90.7 Å². The standard InChI is InChI=1S/C17H14ClN5OS2/c1-8-9(2)26-16-13(8)14(19)21-17(22-16)25-7-12-20-15(24-23-12)10-5-3-4-6-11(10)18/h3-6H,7H2,1-2H3,(H2,19,21,22). The van der Waals surface area contributed by atoms with Gasteiger partial charge in [-0.1, -0.05) is 40.7 Å². The van der Waals surface area contributed by atoms with Crippen molar-refractivity contribution >= 4 is 50.7 Å². The van der Waals surface area contributed by atoms with Crippen LogP contribution < -0.4 is 5.73 Å². The summed E-state index contributed by atoms with van der Waals surface area (Å²) in [5, 5.41) is 6.11. The van der Waals surface area contributed by atoms with Gasteiger partial charge in [0.05, 0.1) is 21.7 Å². The van der Waals surface area contributed by atoms with Gasteiger partial charge in [0.15, 0.2) is 11.0 Å². The molecule has 3 heterocycles. The molecular weight excluding hydrogens is 390 g/mol. The average molecular weight is 404 g/mol. The van der Waals surface area contributed by atoms with Gasteiger partial charge in [-0.25, -0.2) is 9.97 Å². The molecule has 0 radical (unpaired) electrons. The Hall–Kier alpha value is -2.16. The van der Waals surface area contributed by atoms with Crippen LogP contribution >= 0.6 is 34.7 Å². The third-order valence-electron chi connectivity index (χ3n) is 3.94. The number of thiophene rings is 1. The molecule has 0 saturated heterocycles. The normalized spacial score (nSPS) is 11.3. The van der Waals surface area contributed by atoms with E-state index in [-0.39, 0.29) is 0 Å². The molecule has 0 amide bonds. The zero-order valence-corrected chi connectivity index (χ0v) is 16.4. The van der Waals surface area contributed by atoms with E-state index in [0.717, 1.165) is 15.8 Å². The Bertz CT molecular complexity index is 1110. The molecular formula is C17H14ClN5OS2. The predicted octanol–water partition coefficient (Wildman–Crippen LogP) is 4.89. The van der Waals surface area contributed by atoms with E-state index in [1.54, 1.807) is 17.4 Å². The van der Waals surface area contributed by atoms with Crippen LogP contribution in [0.4, 0.5) is 5.82 Å². The lowest BCUT2D eigenvalue weighted by molar-refractivity contribution is 0.425. The van der Waals surface area contributed by atoms with Crippen LogP contribution in [-0.2, 0) is 5.75 Å². The maximum absolute atomic E-state index is 6.16. The number of halogens is 1. The number of hydrogen-bond donors (Lipinski definition) is 1. The summed E-state index contributed by atoms with van der Waals surface area (Å²) in [5.74, 6) is 1.92. The first-order chi connectivity index (χ1) is 12.5. The van der Waals surface area contributed by atoms with Crippen LogP contribution in [0.2, 0.25) is 5.02 Å². The van der Waals surface area contributed by atoms with E-state index < -0.39 is 0 Å². The smallest absolute Gasteiger partial charge is 0.259 e. The second-order valence-corrected chi connectivity index (χ2v) is 8.19.